The maximum absolute atomic E-state index is 6.32. The van der Waals surface area contributed by atoms with Gasteiger partial charge in [-0.05, 0) is 44.2 Å². The fourth-order valence-electron chi connectivity index (χ4n) is 3.41. The maximum Gasteiger partial charge on any atom is 0.0170 e. The van der Waals surface area contributed by atoms with Gasteiger partial charge < -0.3 is 10.6 Å². The third-order valence-electron chi connectivity index (χ3n) is 4.70. The van der Waals surface area contributed by atoms with Gasteiger partial charge in [-0.15, -0.1) is 0 Å². The third kappa shape index (κ3) is 4.92. The second-order valence-electron chi connectivity index (χ2n) is 6.65. The summed E-state index contributed by atoms with van der Waals surface area (Å²) in [5, 5.41) is 0. The van der Waals surface area contributed by atoms with E-state index >= 15 is 0 Å². The Balaban J connectivity index is 1.72. The van der Waals surface area contributed by atoms with Crippen LogP contribution in [-0.4, -0.2) is 30.6 Å². The molecule has 1 saturated carbocycles. The van der Waals surface area contributed by atoms with Crippen LogP contribution in [-0.2, 0) is 6.42 Å². The number of benzene rings is 1. The fraction of sp³-hybridized carbons (Fsp3) is 0.667. The van der Waals surface area contributed by atoms with E-state index in [0.717, 1.165) is 31.3 Å². The average molecular weight is 274 g/mol. The Kier molecular flexibility index (Phi) is 6.06. The molecule has 1 fully saturated rings. The highest BCUT2D eigenvalue weighted by molar-refractivity contribution is 5.14. The van der Waals surface area contributed by atoms with Crippen LogP contribution in [0.5, 0.6) is 0 Å². The van der Waals surface area contributed by atoms with Crippen LogP contribution in [0.2, 0.25) is 0 Å². The van der Waals surface area contributed by atoms with Gasteiger partial charge in [0.2, 0.25) is 0 Å². The van der Waals surface area contributed by atoms with Crippen LogP contribution in [0.3, 0.4) is 0 Å². The van der Waals surface area contributed by atoms with Crippen LogP contribution in [0, 0.1) is 5.92 Å². The van der Waals surface area contributed by atoms with E-state index in [9.17, 15) is 0 Å². The summed E-state index contributed by atoms with van der Waals surface area (Å²) in [6.45, 7) is 3.42. The lowest BCUT2D eigenvalue weighted by Crippen LogP contribution is -2.43. The van der Waals surface area contributed by atoms with Gasteiger partial charge in [-0.2, -0.15) is 0 Å². The number of nitrogens with zero attached hydrogens (tertiary/aromatic N) is 1. The Morgan fingerprint density at radius 3 is 2.70 bits per heavy atom. The van der Waals surface area contributed by atoms with E-state index in [0.29, 0.717) is 0 Å². The minimum atomic E-state index is 0.289. The average Bonchev–Trinajstić information content (AvgIpc) is 2.46. The largest absolute Gasteiger partial charge is 0.327 e. The van der Waals surface area contributed by atoms with Crippen molar-refractivity contribution in [3.8, 4) is 0 Å². The lowest BCUT2D eigenvalue weighted by Gasteiger charge is -2.35. The van der Waals surface area contributed by atoms with Crippen molar-refractivity contribution in [3.63, 3.8) is 0 Å². The van der Waals surface area contributed by atoms with E-state index in [1.54, 1.807) is 0 Å². The monoisotopic (exact) mass is 274 g/mol. The zero-order valence-corrected chi connectivity index (χ0v) is 13.1. The molecule has 3 unspecified atom stereocenters. The summed E-state index contributed by atoms with van der Waals surface area (Å²) in [5.74, 6) is 0.886. The molecule has 1 aliphatic rings. The highest BCUT2D eigenvalue weighted by atomic mass is 15.1. The first-order valence-corrected chi connectivity index (χ1v) is 8.15. The molecule has 20 heavy (non-hydrogen) atoms. The first kappa shape index (κ1) is 15.5. The quantitative estimate of drug-likeness (QED) is 0.861. The van der Waals surface area contributed by atoms with E-state index in [-0.39, 0.29) is 6.04 Å². The van der Waals surface area contributed by atoms with Crippen molar-refractivity contribution in [2.45, 2.75) is 57.5 Å². The Bertz CT molecular complexity index is 376. The summed E-state index contributed by atoms with van der Waals surface area (Å²) in [4.78, 5) is 2.51. The summed E-state index contributed by atoms with van der Waals surface area (Å²) < 4.78 is 0. The topological polar surface area (TPSA) is 29.3 Å². The molecule has 0 bridgehead atoms. The van der Waals surface area contributed by atoms with Crippen molar-refractivity contribution in [3.05, 3.63) is 35.9 Å². The standard InChI is InChI=1S/C18H30N2/c1-15-7-6-10-18(13-15)20(2)14-17(19)12-11-16-8-4-3-5-9-16/h3-5,8-9,15,17-18H,6-7,10-14,19H2,1-2H3. The number of likely N-dealkylation sites (N-methyl/N-ethyl adjacent to an activating group) is 1. The second-order valence-corrected chi connectivity index (χ2v) is 6.65. The molecule has 112 valence electrons. The molecule has 0 saturated heterocycles. The molecule has 3 atom stereocenters. The second kappa shape index (κ2) is 7.80. The van der Waals surface area contributed by atoms with Crippen molar-refractivity contribution in [1.82, 2.24) is 4.90 Å². The molecule has 1 aromatic rings. The number of hydrogen-bond acceptors (Lipinski definition) is 2. The lowest BCUT2D eigenvalue weighted by atomic mass is 9.86. The minimum Gasteiger partial charge on any atom is -0.327 e. The molecule has 2 nitrogen and oxygen atoms in total. The van der Waals surface area contributed by atoms with Crippen molar-refractivity contribution in [2.24, 2.45) is 11.7 Å². The van der Waals surface area contributed by atoms with Gasteiger partial charge in [-0.25, -0.2) is 0 Å². The number of aryl methyl sites for hydroxylation is 1. The van der Waals surface area contributed by atoms with Crippen LogP contribution in [0.1, 0.15) is 44.6 Å². The summed E-state index contributed by atoms with van der Waals surface area (Å²) in [7, 11) is 2.26. The number of rotatable bonds is 6. The van der Waals surface area contributed by atoms with Crippen LogP contribution >= 0.6 is 0 Å². The molecule has 2 N–H and O–H groups in total. The van der Waals surface area contributed by atoms with E-state index < -0.39 is 0 Å². The van der Waals surface area contributed by atoms with Crippen molar-refractivity contribution in [2.75, 3.05) is 13.6 Å². The molecule has 0 aromatic heterocycles. The van der Waals surface area contributed by atoms with E-state index in [2.05, 4.69) is 49.2 Å². The highest BCUT2D eigenvalue weighted by Crippen LogP contribution is 2.26. The predicted octanol–water partition coefficient (Wildman–Crippen LogP) is 3.46. The summed E-state index contributed by atoms with van der Waals surface area (Å²) in [6.07, 6.45) is 7.67. The van der Waals surface area contributed by atoms with Crippen LogP contribution in [0.4, 0.5) is 0 Å². The normalized spacial score (nSPS) is 24.8. The van der Waals surface area contributed by atoms with Crippen LogP contribution in [0.15, 0.2) is 30.3 Å². The summed E-state index contributed by atoms with van der Waals surface area (Å²) in [5.41, 5.74) is 7.72. The Hall–Kier alpha value is -0.860. The first-order valence-electron chi connectivity index (χ1n) is 8.15. The molecule has 2 heteroatoms. The van der Waals surface area contributed by atoms with Gasteiger partial charge in [0.05, 0.1) is 0 Å². The van der Waals surface area contributed by atoms with E-state index in [4.69, 9.17) is 5.73 Å². The molecule has 0 amide bonds. The molecule has 0 spiro atoms. The maximum atomic E-state index is 6.32. The van der Waals surface area contributed by atoms with Crippen LogP contribution < -0.4 is 5.73 Å². The number of nitrogens with two attached hydrogens (primary N) is 1. The van der Waals surface area contributed by atoms with Crippen molar-refractivity contribution in [1.29, 1.82) is 0 Å². The fourth-order valence-corrected chi connectivity index (χ4v) is 3.41. The number of hydrogen-bond donors (Lipinski definition) is 1. The lowest BCUT2D eigenvalue weighted by molar-refractivity contribution is 0.155. The summed E-state index contributed by atoms with van der Waals surface area (Å²) >= 11 is 0. The SMILES string of the molecule is CC1CCCC(N(C)CC(N)CCc2ccccc2)C1. The van der Waals surface area contributed by atoms with Gasteiger partial charge in [-0.3, -0.25) is 0 Å². The van der Waals surface area contributed by atoms with Crippen LogP contribution in [0.25, 0.3) is 0 Å². The predicted molar refractivity (Wildman–Crippen MR) is 86.8 cm³/mol. The van der Waals surface area contributed by atoms with Crippen molar-refractivity contribution >= 4 is 0 Å². The zero-order valence-electron chi connectivity index (χ0n) is 13.1. The van der Waals surface area contributed by atoms with E-state index in [1.807, 2.05) is 0 Å². The van der Waals surface area contributed by atoms with Gasteiger partial charge >= 0.3 is 0 Å². The minimum absolute atomic E-state index is 0.289. The molecule has 0 radical (unpaired) electrons. The van der Waals surface area contributed by atoms with Gasteiger partial charge in [0.1, 0.15) is 0 Å². The van der Waals surface area contributed by atoms with E-state index in [1.165, 1.54) is 31.2 Å². The van der Waals surface area contributed by atoms with Gasteiger partial charge in [0, 0.05) is 18.6 Å². The van der Waals surface area contributed by atoms with Gasteiger partial charge in [-0.1, -0.05) is 50.1 Å². The Labute approximate surface area is 124 Å². The third-order valence-corrected chi connectivity index (χ3v) is 4.70. The smallest absolute Gasteiger partial charge is 0.0170 e. The molecule has 0 aliphatic heterocycles. The molecular formula is C18H30N2. The van der Waals surface area contributed by atoms with Gasteiger partial charge in [0.15, 0.2) is 0 Å². The zero-order chi connectivity index (χ0) is 14.4. The molecular weight excluding hydrogens is 244 g/mol. The van der Waals surface area contributed by atoms with Gasteiger partial charge in [0.25, 0.3) is 0 Å². The summed E-state index contributed by atoms with van der Waals surface area (Å²) in [6, 6.07) is 11.7. The first-order chi connectivity index (χ1) is 9.65. The Morgan fingerprint density at radius 2 is 2.00 bits per heavy atom. The molecule has 0 heterocycles. The van der Waals surface area contributed by atoms with Crippen molar-refractivity contribution < 1.29 is 0 Å². The molecule has 1 aliphatic carbocycles. The molecule has 1 aromatic carbocycles. The Morgan fingerprint density at radius 1 is 1.25 bits per heavy atom. The highest BCUT2D eigenvalue weighted by Gasteiger charge is 2.23. The molecule has 2 rings (SSSR count).